The van der Waals surface area contributed by atoms with Crippen LogP contribution >= 0.6 is 11.6 Å². The van der Waals surface area contributed by atoms with Gasteiger partial charge in [0, 0.05) is 13.6 Å². The molecule has 2 rings (SSSR count). The van der Waals surface area contributed by atoms with Crippen LogP contribution in [-0.4, -0.2) is 12.0 Å². The van der Waals surface area contributed by atoms with Gasteiger partial charge in [-0.1, -0.05) is 23.7 Å². The topological polar surface area (TPSA) is 39.9 Å². The van der Waals surface area contributed by atoms with Gasteiger partial charge < -0.3 is 4.90 Å². The summed E-state index contributed by atoms with van der Waals surface area (Å²) in [6.07, 6.45) is -4.34. The molecular weight excluding hydrogens is 315 g/mol. The number of benzene rings is 1. The molecule has 0 aliphatic heterocycles. The van der Waals surface area contributed by atoms with Gasteiger partial charge in [-0.2, -0.15) is 18.4 Å². The number of nitriles is 1. The highest BCUT2D eigenvalue weighted by Gasteiger charge is 2.29. The lowest BCUT2D eigenvalue weighted by atomic mass is 10.1. The van der Waals surface area contributed by atoms with Crippen molar-refractivity contribution in [1.82, 2.24) is 4.98 Å². The monoisotopic (exact) mass is 325 g/mol. The molecule has 0 amide bonds. The second-order valence-electron chi connectivity index (χ2n) is 4.66. The summed E-state index contributed by atoms with van der Waals surface area (Å²) in [5, 5.41) is 9.16. The molecule has 0 bridgehead atoms. The first-order valence-corrected chi connectivity index (χ1v) is 6.63. The summed E-state index contributed by atoms with van der Waals surface area (Å²) in [5.41, 5.74) is 0.125. The van der Waals surface area contributed by atoms with Crippen molar-refractivity contribution in [3.63, 3.8) is 0 Å². The van der Waals surface area contributed by atoms with E-state index in [1.807, 2.05) is 6.07 Å². The predicted molar refractivity (Wildman–Crippen MR) is 77.5 cm³/mol. The standard InChI is InChI=1S/C15H11ClF3N3/c1-22(14-7-6-12(16)13(8-20)21-14)9-10-2-4-11(5-3-10)15(17,18)19/h2-7H,9H2,1H3. The van der Waals surface area contributed by atoms with E-state index in [9.17, 15) is 13.2 Å². The van der Waals surface area contributed by atoms with E-state index in [1.165, 1.54) is 12.1 Å². The Labute approximate surface area is 130 Å². The maximum absolute atomic E-state index is 12.5. The first-order chi connectivity index (χ1) is 10.3. The van der Waals surface area contributed by atoms with Crippen molar-refractivity contribution < 1.29 is 13.2 Å². The summed E-state index contributed by atoms with van der Waals surface area (Å²) in [6.45, 7) is 0.359. The Morgan fingerprint density at radius 1 is 1.18 bits per heavy atom. The molecule has 0 radical (unpaired) electrons. The van der Waals surface area contributed by atoms with Gasteiger partial charge in [0.05, 0.1) is 10.6 Å². The van der Waals surface area contributed by atoms with Crippen LogP contribution in [0.5, 0.6) is 0 Å². The average molecular weight is 326 g/mol. The SMILES string of the molecule is CN(Cc1ccc(C(F)(F)F)cc1)c1ccc(Cl)c(C#N)n1. The highest BCUT2D eigenvalue weighted by Crippen LogP contribution is 2.29. The Morgan fingerprint density at radius 3 is 2.36 bits per heavy atom. The summed E-state index contributed by atoms with van der Waals surface area (Å²) in [5.74, 6) is 0.515. The van der Waals surface area contributed by atoms with Gasteiger partial charge in [-0.05, 0) is 29.8 Å². The molecule has 2 aromatic rings. The molecule has 114 valence electrons. The lowest BCUT2D eigenvalue weighted by molar-refractivity contribution is -0.137. The number of rotatable bonds is 3. The van der Waals surface area contributed by atoms with Gasteiger partial charge in [-0.15, -0.1) is 0 Å². The van der Waals surface area contributed by atoms with Gasteiger partial charge in [-0.3, -0.25) is 0 Å². The third-order valence-electron chi connectivity index (χ3n) is 3.03. The van der Waals surface area contributed by atoms with Gasteiger partial charge in [0.25, 0.3) is 0 Å². The summed E-state index contributed by atoms with van der Waals surface area (Å²) in [4.78, 5) is 5.82. The van der Waals surface area contributed by atoms with E-state index < -0.39 is 11.7 Å². The third-order valence-corrected chi connectivity index (χ3v) is 3.33. The highest BCUT2D eigenvalue weighted by molar-refractivity contribution is 6.31. The molecule has 0 unspecified atom stereocenters. The summed E-state index contributed by atoms with van der Waals surface area (Å²) in [6, 6.07) is 10.0. The minimum atomic E-state index is -4.34. The van der Waals surface area contributed by atoms with Crippen LogP contribution in [0.2, 0.25) is 5.02 Å². The Hall–Kier alpha value is -2.26. The highest BCUT2D eigenvalue weighted by atomic mass is 35.5. The van der Waals surface area contributed by atoms with Crippen LogP contribution < -0.4 is 4.90 Å². The van der Waals surface area contributed by atoms with Crippen molar-refractivity contribution in [3.05, 3.63) is 58.2 Å². The molecular formula is C15H11ClF3N3. The number of alkyl halides is 3. The van der Waals surface area contributed by atoms with Crippen LogP contribution in [0.3, 0.4) is 0 Å². The van der Waals surface area contributed by atoms with Crippen LogP contribution in [0.15, 0.2) is 36.4 Å². The summed E-state index contributed by atoms with van der Waals surface area (Å²) in [7, 11) is 1.73. The van der Waals surface area contributed by atoms with E-state index in [0.717, 1.165) is 12.1 Å². The van der Waals surface area contributed by atoms with Crippen LogP contribution in [-0.2, 0) is 12.7 Å². The number of halogens is 4. The van der Waals surface area contributed by atoms with Crippen LogP contribution in [0, 0.1) is 11.3 Å². The number of hydrogen-bond donors (Lipinski definition) is 0. The lowest BCUT2D eigenvalue weighted by Gasteiger charge is -2.19. The Bertz CT molecular complexity index is 705. The quantitative estimate of drug-likeness (QED) is 0.846. The van der Waals surface area contributed by atoms with Crippen molar-refractivity contribution in [1.29, 1.82) is 5.26 Å². The van der Waals surface area contributed by atoms with Crippen molar-refractivity contribution >= 4 is 17.4 Å². The van der Waals surface area contributed by atoms with Gasteiger partial charge in [0.2, 0.25) is 0 Å². The average Bonchev–Trinajstić information content (AvgIpc) is 2.47. The number of anilines is 1. The Morgan fingerprint density at radius 2 is 1.82 bits per heavy atom. The summed E-state index contributed by atoms with van der Waals surface area (Å²) >= 11 is 5.81. The van der Waals surface area contributed by atoms with Crippen LogP contribution in [0.4, 0.5) is 19.0 Å². The molecule has 1 aromatic heterocycles. The van der Waals surface area contributed by atoms with E-state index in [0.29, 0.717) is 17.9 Å². The largest absolute Gasteiger partial charge is 0.416 e. The summed E-state index contributed by atoms with van der Waals surface area (Å²) < 4.78 is 37.5. The molecule has 3 nitrogen and oxygen atoms in total. The van der Waals surface area contributed by atoms with Crippen molar-refractivity contribution in [2.75, 3.05) is 11.9 Å². The zero-order valence-corrected chi connectivity index (χ0v) is 12.3. The van der Waals surface area contributed by atoms with Gasteiger partial charge in [0.1, 0.15) is 11.9 Å². The van der Waals surface area contributed by atoms with Crippen molar-refractivity contribution in [2.45, 2.75) is 12.7 Å². The molecule has 0 fully saturated rings. The molecule has 0 saturated carbocycles. The van der Waals surface area contributed by atoms with E-state index >= 15 is 0 Å². The van der Waals surface area contributed by atoms with Crippen LogP contribution in [0.25, 0.3) is 0 Å². The fraction of sp³-hybridized carbons (Fsp3) is 0.200. The zero-order valence-electron chi connectivity index (χ0n) is 11.5. The Balaban J connectivity index is 2.15. The number of pyridine rings is 1. The Kier molecular flexibility index (Phi) is 4.57. The first-order valence-electron chi connectivity index (χ1n) is 6.25. The normalized spacial score (nSPS) is 11.1. The molecule has 0 aliphatic carbocycles. The smallest absolute Gasteiger partial charge is 0.355 e. The maximum Gasteiger partial charge on any atom is 0.416 e. The molecule has 0 spiro atoms. The van der Waals surface area contributed by atoms with Gasteiger partial charge >= 0.3 is 6.18 Å². The molecule has 0 atom stereocenters. The van der Waals surface area contributed by atoms with E-state index in [1.54, 1.807) is 24.1 Å². The zero-order chi connectivity index (χ0) is 16.3. The lowest BCUT2D eigenvalue weighted by Crippen LogP contribution is -2.18. The number of aromatic nitrogens is 1. The van der Waals surface area contributed by atoms with Crippen molar-refractivity contribution in [3.8, 4) is 6.07 Å². The van der Waals surface area contributed by atoms with Gasteiger partial charge in [0.15, 0.2) is 5.69 Å². The number of hydrogen-bond acceptors (Lipinski definition) is 3. The molecule has 22 heavy (non-hydrogen) atoms. The molecule has 0 aliphatic rings. The maximum atomic E-state index is 12.5. The molecule has 0 N–H and O–H groups in total. The van der Waals surface area contributed by atoms with E-state index in [-0.39, 0.29) is 10.7 Å². The molecule has 7 heteroatoms. The van der Waals surface area contributed by atoms with Crippen molar-refractivity contribution in [2.24, 2.45) is 0 Å². The third kappa shape index (κ3) is 3.68. The second-order valence-corrected chi connectivity index (χ2v) is 5.07. The van der Waals surface area contributed by atoms with Crippen LogP contribution in [0.1, 0.15) is 16.8 Å². The molecule has 0 saturated heterocycles. The van der Waals surface area contributed by atoms with Gasteiger partial charge in [-0.25, -0.2) is 4.98 Å². The fourth-order valence-electron chi connectivity index (χ4n) is 1.88. The molecule has 1 aromatic carbocycles. The number of nitrogens with zero attached hydrogens (tertiary/aromatic N) is 3. The first kappa shape index (κ1) is 16.1. The minimum absolute atomic E-state index is 0.110. The fourth-order valence-corrected chi connectivity index (χ4v) is 2.02. The molecule has 1 heterocycles. The van der Waals surface area contributed by atoms with E-state index in [2.05, 4.69) is 4.98 Å². The van der Waals surface area contributed by atoms with E-state index in [4.69, 9.17) is 16.9 Å². The second kappa shape index (κ2) is 6.24. The predicted octanol–water partition coefficient (Wildman–Crippen LogP) is 4.26. The minimum Gasteiger partial charge on any atom is -0.355 e.